The van der Waals surface area contributed by atoms with Crippen LogP contribution in [0.15, 0.2) is 66.9 Å². The van der Waals surface area contributed by atoms with Gasteiger partial charge in [-0.25, -0.2) is 9.78 Å². The lowest BCUT2D eigenvalue weighted by Crippen LogP contribution is -2.25. The molecule has 0 saturated heterocycles. The zero-order valence-corrected chi connectivity index (χ0v) is 21.5. The molecule has 1 amide bonds. The second-order valence-electron chi connectivity index (χ2n) is 9.41. The Bertz CT molecular complexity index is 1150. The number of benzene rings is 2. The van der Waals surface area contributed by atoms with Crippen LogP contribution < -0.4 is 14.8 Å². The molecule has 0 saturated carbocycles. The molecular weight excluding hydrogens is 456 g/mol. The third-order valence-electron chi connectivity index (χ3n) is 5.24. The number of nitrogens with zero attached hydrogens (tertiary/aromatic N) is 1. The minimum atomic E-state index is -0.632. The molecule has 190 valence electrons. The maximum absolute atomic E-state index is 12.6. The molecule has 1 heterocycles. The van der Waals surface area contributed by atoms with Gasteiger partial charge in [-0.2, -0.15) is 0 Å². The van der Waals surface area contributed by atoms with Crippen molar-refractivity contribution in [2.45, 2.75) is 65.6 Å². The van der Waals surface area contributed by atoms with Gasteiger partial charge in [0.2, 0.25) is 11.8 Å². The topological polar surface area (TPSA) is 86.8 Å². The van der Waals surface area contributed by atoms with Crippen LogP contribution in [0.25, 0.3) is 0 Å². The van der Waals surface area contributed by atoms with Crippen molar-refractivity contribution in [1.29, 1.82) is 0 Å². The molecule has 0 spiro atoms. The first-order valence-electron chi connectivity index (χ1n) is 12.2. The van der Waals surface area contributed by atoms with Crippen LogP contribution in [-0.2, 0) is 16.0 Å². The Morgan fingerprint density at radius 1 is 0.917 bits per heavy atom. The average molecular weight is 491 g/mol. The van der Waals surface area contributed by atoms with Crippen molar-refractivity contribution in [3.63, 3.8) is 0 Å². The third kappa shape index (κ3) is 8.12. The molecule has 2 aromatic carbocycles. The molecule has 0 aliphatic heterocycles. The monoisotopic (exact) mass is 490 g/mol. The number of hydrogen-bond acceptors (Lipinski definition) is 6. The molecule has 0 atom stereocenters. The molecule has 0 bridgehead atoms. The van der Waals surface area contributed by atoms with Gasteiger partial charge < -0.3 is 19.5 Å². The summed E-state index contributed by atoms with van der Waals surface area (Å²) < 4.78 is 17.2. The van der Waals surface area contributed by atoms with E-state index in [-0.39, 0.29) is 18.4 Å². The summed E-state index contributed by atoms with van der Waals surface area (Å²) >= 11 is 0. The fourth-order valence-corrected chi connectivity index (χ4v) is 3.41. The molecular formula is C29H34N2O5. The van der Waals surface area contributed by atoms with Crippen molar-refractivity contribution in [1.82, 2.24) is 4.98 Å². The van der Waals surface area contributed by atoms with Crippen molar-refractivity contribution < 1.29 is 23.8 Å². The van der Waals surface area contributed by atoms with Gasteiger partial charge in [0, 0.05) is 12.3 Å². The van der Waals surface area contributed by atoms with Crippen LogP contribution in [0.1, 0.15) is 63.4 Å². The minimum Gasteiger partial charge on any atom is -0.490 e. The van der Waals surface area contributed by atoms with Crippen molar-refractivity contribution in [2.75, 3.05) is 5.32 Å². The first kappa shape index (κ1) is 26.7. The SMILES string of the molecule is CCC(CC)Oc1ccc(Oc2ccc(CC(=O)Nc3ccccc3C(=O)OC(C)(C)C)cn2)cc1. The van der Waals surface area contributed by atoms with Crippen LogP contribution >= 0.6 is 0 Å². The quantitative estimate of drug-likeness (QED) is 0.323. The van der Waals surface area contributed by atoms with Crippen molar-refractivity contribution >= 4 is 17.6 Å². The summed E-state index contributed by atoms with van der Waals surface area (Å²) in [5.41, 5.74) is 0.788. The van der Waals surface area contributed by atoms with E-state index in [0.29, 0.717) is 28.4 Å². The molecule has 0 aliphatic rings. The Kier molecular flexibility index (Phi) is 9.06. The van der Waals surface area contributed by atoms with E-state index in [1.807, 2.05) is 24.3 Å². The van der Waals surface area contributed by atoms with E-state index in [0.717, 1.165) is 18.6 Å². The number of hydrogen-bond donors (Lipinski definition) is 1. The highest BCUT2D eigenvalue weighted by molar-refractivity contribution is 6.01. The molecule has 1 N–H and O–H groups in total. The third-order valence-corrected chi connectivity index (χ3v) is 5.24. The maximum atomic E-state index is 12.6. The number of amides is 1. The number of esters is 1. The smallest absolute Gasteiger partial charge is 0.340 e. The van der Waals surface area contributed by atoms with Crippen molar-refractivity contribution in [3.8, 4) is 17.4 Å². The Labute approximate surface area is 212 Å². The zero-order chi connectivity index (χ0) is 26.1. The largest absolute Gasteiger partial charge is 0.490 e. The van der Waals surface area contributed by atoms with E-state index >= 15 is 0 Å². The number of nitrogens with one attached hydrogen (secondary N) is 1. The predicted octanol–water partition coefficient (Wildman–Crippen LogP) is 6.58. The van der Waals surface area contributed by atoms with Gasteiger partial charge in [0.1, 0.15) is 17.1 Å². The van der Waals surface area contributed by atoms with E-state index in [1.54, 1.807) is 63.4 Å². The van der Waals surface area contributed by atoms with Gasteiger partial charge in [0.15, 0.2) is 0 Å². The summed E-state index contributed by atoms with van der Waals surface area (Å²) in [4.78, 5) is 29.4. The number of rotatable bonds is 10. The second kappa shape index (κ2) is 12.2. The van der Waals surface area contributed by atoms with E-state index in [9.17, 15) is 9.59 Å². The first-order chi connectivity index (χ1) is 17.2. The van der Waals surface area contributed by atoms with Gasteiger partial charge in [-0.05, 0) is 75.6 Å². The highest BCUT2D eigenvalue weighted by Gasteiger charge is 2.21. The molecule has 3 rings (SSSR count). The average Bonchev–Trinajstić information content (AvgIpc) is 2.84. The molecule has 7 heteroatoms. The van der Waals surface area contributed by atoms with Crippen LogP contribution in [0.5, 0.6) is 17.4 Å². The number of ether oxygens (including phenoxy) is 3. The first-order valence-corrected chi connectivity index (χ1v) is 12.2. The highest BCUT2D eigenvalue weighted by Crippen LogP contribution is 2.24. The Balaban J connectivity index is 1.57. The molecule has 36 heavy (non-hydrogen) atoms. The van der Waals surface area contributed by atoms with Gasteiger partial charge >= 0.3 is 5.97 Å². The highest BCUT2D eigenvalue weighted by atomic mass is 16.6. The van der Waals surface area contributed by atoms with E-state index in [1.165, 1.54) is 0 Å². The number of para-hydroxylation sites is 1. The molecule has 0 radical (unpaired) electrons. The van der Waals surface area contributed by atoms with E-state index in [4.69, 9.17) is 14.2 Å². The molecule has 3 aromatic rings. The maximum Gasteiger partial charge on any atom is 0.340 e. The number of anilines is 1. The van der Waals surface area contributed by atoms with Crippen LogP contribution in [0.2, 0.25) is 0 Å². The zero-order valence-electron chi connectivity index (χ0n) is 21.5. The van der Waals surface area contributed by atoms with E-state index in [2.05, 4.69) is 24.1 Å². The minimum absolute atomic E-state index is 0.0952. The Hall–Kier alpha value is -3.87. The fraction of sp³-hybridized carbons (Fsp3) is 0.345. The lowest BCUT2D eigenvalue weighted by molar-refractivity contribution is -0.115. The van der Waals surface area contributed by atoms with Gasteiger partial charge in [0.05, 0.1) is 23.8 Å². The molecule has 0 aliphatic carbocycles. The van der Waals surface area contributed by atoms with Gasteiger partial charge in [-0.3, -0.25) is 4.79 Å². The van der Waals surface area contributed by atoms with Gasteiger partial charge in [-0.1, -0.05) is 32.0 Å². The predicted molar refractivity (Wildman–Crippen MR) is 140 cm³/mol. The summed E-state index contributed by atoms with van der Waals surface area (Å²) in [7, 11) is 0. The Morgan fingerprint density at radius 3 is 2.19 bits per heavy atom. The van der Waals surface area contributed by atoms with Gasteiger partial charge in [-0.15, -0.1) is 0 Å². The van der Waals surface area contributed by atoms with Crippen LogP contribution in [0.4, 0.5) is 5.69 Å². The second-order valence-corrected chi connectivity index (χ2v) is 9.41. The summed E-state index contributed by atoms with van der Waals surface area (Å²) in [6.07, 6.45) is 3.81. The van der Waals surface area contributed by atoms with Gasteiger partial charge in [0.25, 0.3) is 0 Å². The summed E-state index contributed by atoms with van der Waals surface area (Å²) in [5, 5.41) is 2.80. The summed E-state index contributed by atoms with van der Waals surface area (Å²) in [6, 6.07) is 17.7. The summed E-state index contributed by atoms with van der Waals surface area (Å²) in [5.74, 6) is 1.11. The van der Waals surface area contributed by atoms with Crippen molar-refractivity contribution in [3.05, 3.63) is 78.0 Å². The molecule has 1 aromatic heterocycles. The Morgan fingerprint density at radius 2 is 1.58 bits per heavy atom. The van der Waals surface area contributed by atoms with Crippen molar-refractivity contribution in [2.24, 2.45) is 0 Å². The molecule has 7 nitrogen and oxygen atoms in total. The fourth-order valence-electron chi connectivity index (χ4n) is 3.41. The number of aromatic nitrogens is 1. The lowest BCUT2D eigenvalue weighted by atomic mass is 10.1. The molecule has 0 fully saturated rings. The summed E-state index contributed by atoms with van der Waals surface area (Å²) in [6.45, 7) is 9.60. The van der Waals surface area contributed by atoms with Crippen LogP contribution in [0, 0.1) is 0 Å². The number of pyridine rings is 1. The normalized spacial score (nSPS) is 11.2. The number of carbonyl (C=O) groups excluding carboxylic acids is 2. The molecule has 0 unspecified atom stereocenters. The lowest BCUT2D eigenvalue weighted by Gasteiger charge is -2.20. The number of carbonyl (C=O) groups is 2. The van der Waals surface area contributed by atoms with Crippen LogP contribution in [-0.4, -0.2) is 28.6 Å². The standard InChI is InChI=1S/C29H34N2O5/c1-6-21(7-2)34-22-13-15-23(16-14-22)35-27-17-12-20(19-30-27)18-26(32)31-25-11-9-8-10-24(25)28(33)36-29(3,4)5/h8-17,19,21H,6-7,18H2,1-5H3,(H,31,32). The van der Waals surface area contributed by atoms with E-state index < -0.39 is 11.6 Å². The van der Waals surface area contributed by atoms with Crippen LogP contribution in [0.3, 0.4) is 0 Å².